The molecule has 6 nitrogen and oxygen atoms in total. The first-order chi connectivity index (χ1) is 13.8. The zero-order valence-electron chi connectivity index (χ0n) is 16.5. The Morgan fingerprint density at radius 2 is 1.90 bits per heavy atom. The number of hydrogen-bond donors (Lipinski definition) is 0. The number of thiazole rings is 1. The molecule has 0 aliphatic heterocycles. The number of aromatic nitrogens is 2. The van der Waals surface area contributed by atoms with Crippen LogP contribution in [0.15, 0.2) is 41.3 Å². The van der Waals surface area contributed by atoms with E-state index >= 15 is 0 Å². The lowest BCUT2D eigenvalue weighted by Gasteiger charge is -2.10. The molecule has 0 bridgehead atoms. The predicted octanol–water partition coefficient (Wildman–Crippen LogP) is 4.44. The van der Waals surface area contributed by atoms with Crippen LogP contribution in [0.3, 0.4) is 0 Å². The van der Waals surface area contributed by atoms with Crippen molar-refractivity contribution in [1.82, 2.24) is 9.55 Å². The van der Waals surface area contributed by atoms with Crippen molar-refractivity contribution in [3.05, 3.63) is 74.5 Å². The van der Waals surface area contributed by atoms with Crippen LogP contribution in [0.25, 0.3) is 11.8 Å². The van der Waals surface area contributed by atoms with Crippen LogP contribution in [0.5, 0.6) is 0 Å². The fourth-order valence-corrected chi connectivity index (χ4v) is 3.71. The maximum Gasteiger partial charge on any atom is 0.337 e. The van der Waals surface area contributed by atoms with E-state index < -0.39 is 5.97 Å². The minimum absolute atomic E-state index is 0.0385. The minimum Gasteiger partial charge on any atom is -0.465 e. The van der Waals surface area contributed by atoms with Gasteiger partial charge in [0, 0.05) is 28.0 Å². The minimum atomic E-state index is -0.408. The number of methoxy groups -OCH3 is 1. The van der Waals surface area contributed by atoms with E-state index in [2.05, 4.69) is 4.98 Å². The van der Waals surface area contributed by atoms with Crippen molar-refractivity contribution in [3.8, 4) is 11.8 Å². The number of allylic oxidation sites excluding steroid dienone is 1. The predicted molar refractivity (Wildman–Crippen MR) is 111 cm³/mol. The summed E-state index contributed by atoms with van der Waals surface area (Å²) in [6.07, 6.45) is 1.52. The van der Waals surface area contributed by atoms with Gasteiger partial charge in [0.25, 0.3) is 0 Å². The number of aryl methyl sites for hydroxylation is 2. The Labute approximate surface area is 172 Å². The van der Waals surface area contributed by atoms with Crippen LogP contribution in [-0.4, -0.2) is 28.4 Å². The van der Waals surface area contributed by atoms with Crippen molar-refractivity contribution in [3.63, 3.8) is 0 Å². The van der Waals surface area contributed by atoms with E-state index in [0.29, 0.717) is 22.5 Å². The standard InChI is InChI=1S/C22H19N3O3S/c1-13-9-20(21(26)17(11-23)10-18-12-29-15(3)24-18)14(2)25(13)19-7-5-16(6-8-19)22(27)28-4/h5-10,12H,1-4H3/b17-10+. The second-order valence-electron chi connectivity index (χ2n) is 6.45. The topological polar surface area (TPSA) is 85.0 Å². The number of benzene rings is 1. The van der Waals surface area contributed by atoms with E-state index in [9.17, 15) is 14.9 Å². The zero-order valence-corrected chi connectivity index (χ0v) is 17.3. The summed E-state index contributed by atoms with van der Waals surface area (Å²) in [6.45, 7) is 5.59. The largest absolute Gasteiger partial charge is 0.465 e. The average Bonchev–Trinajstić information content (AvgIpc) is 3.27. The molecule has 0 N–H and O–H groups in total. The van der Waals surface area contributed by atoms with Gasteiger partial charge >= 0.3 is 5.97 Å². The SMILES string of the molecule is COC(=O)c1ccc(-n2c(C)cc(C(=O)/C(C#N)=C/c3csc(C)n3)c2C)cc1. The molecule has 0 radical (unpaired) electrons. The number of rotatable bonds is 5. The van der Waals surface area contributed by atoms with Gasteiger partial charge in [-0.25, -0.2) is 9.78 Å². The van der Waals surface area contributed by atoms with Crippen molar-refractivity contribution >= 4 is 29.2 Å². The van der Waals surface area contributed by atoms with Gasteiger partial charge in [-0.1, -0.05) is 0 Å². The first-order valence-corrected chi connectivity index (χ1v) is 9.70. The van der Waals surface area contributed by atoms with E-state index in [0.717, 1.165) is 16.4 Å². The summed E-state index contributed by atoms with van der Waals surface area (Å²) in [5.41, 5.74) is 3.92. The highest BCUT2D eigenvalue weighted by Gasteiger charge is 2.20. The fourth-order valence-electron chi connectivity index (χ4n) is 3.14. The van der Waals surface area contributed by atoms with Gasteiger partial charge in [-0.15, -0.1) is 11.3 Å². The summed E-state index contributed by atoms with van der Waals surface area (Å²) in [5.74, 6) is -0.752. The van der Waals surface area contributed by atoms with Crippen molar-refractivity contribution < 1.29 is 14.3 Å². The number of ketones is 1. The average molecular weight is 405 g/mol. The Kier molecular flexibility index (Phi) is 5.76. The highest BCUT2D eigenvalue weighted by molar-refractivity contribution is 7.09. The van der Waals surface area contributed by atoms with Gasteiger partial charge in [0.05, 0.1) is 23.4 Å². The lowest BCUT2D eigenvalue weighted by Crippen LogP contribution is -2.06. The zero-order chi connectivity index (χ0) is 21.1. The first-order valence-electron chi connectivity index (χ1n) is 8.82. The molecule has 0 amide bonds. The number of ether oxygens (including phenoxy) is 1. The number of carbonyl (C=O) groups excluding carboxylic acids is 2. The summed E-state index contributed by atoms with van der Waals surface area (Å²) in [4.78, 5) is 28.9. The highest BCUT2D eigenvalue weighted by atomic mass is 32.1. The lowest BCUT2D eigenvalue weighted by molar-refractivity contribution is 0.0600. The molecule has 146 valence electrons. The van der Waals surface area contributed by atoms with Gasteiger partial charge in [0.15, 0.2) is 0 Å². The van der Waals surface area contributed by atoms with Crippen molar-refractivity contribution in [2.45, 2.75) is 20.8 Å². The summed E-state index contributed by atoms with van der Waals surface area (Å²) in [5, 5.41) is 12.2. The molecule has 0 aliphatic carbocycles. The van der Waals surface area contributed by atoms with Gasteiger partial charge in [-0.05, 0) is 57.2 Å². The molecule has 1 aromatic carbocycles. The van der Waals surface area contributed by atoms with Crippen molar-refractivity contribution in [2.75, 3.05) is 7.11 Å². The van der Waals surface area contributed by atoms with Crippen LogP contribution in [0.1, 0.15) is 42.8 Å². The summed E-state index contributed by atoms with van der Waals surface area (Å²) in [7, 11) is 1.33. The Balaban J connectivity index is 1.98. The third-order valence-corrected chi connectivity index (χ3v) is 5.31. The van der Waals surface area contributed by atoms with Gasteiger partial charge in [-0.2, -0.15) is 5.26 Å². The Hall–Kier alpha value is -3.50. The Morgan fingerprint density at radius 3 is 2.45 bits per heavy atom. The lowest BCUT2D eigenvalue weighted by atomic mass is 10.0. The van der Waals surface area contributed by atoms with Gasteiger partial charge in [-0.3, -0.25) is 4.79 Å². The van der Waals surface area contributed by atoms with Crippen LogP contribution in [-0.2, 0) is 4.74 Å². The molecule has 3 aromatic rings. The smallest absolute Gasteiger partial charge is 0.337 e. The molecule has 0 saturated heterocycles. The van der Waals surface area contributed by atoms with Crippen molar-refractivity contribution in [1.29, 1.82) is 5.26 Å². The van der Waals surface area contributed by atoms with E-state index in [4.69, 9.17) is 4.74 Å². The molecule has 3 rings (SSSR count). The third kappa shape index (κ3) is 4.03. The monoisotopic (exact) mass is 405 g/mol. The molecule has 2 heterocycles. The first kappa shape index (κ1) is 20.2. The molecule has 2 aromatic heterocycles. The molecule has 0 fully saturated rings. The number of nitriles is 1. The van der Waals surface area contributed by atoms with Crippen LogP contribution in [0, 0.1) is 32.1 Å². The summed E-state index contributed by atoms with van der Waals surface area (Å²) < 4.78 is 6.64. The molecule has 29 heavy (non-hydrogen) atoms. The Bertz CT molecular complexity index is 1160. The van der Waals surface area contributed by atoms with E-state index in [-0.39, 0.29) is 11.4 Å². The number of esters is 1. The molecule has 0 unspecified atom stereocenters. The van der Waals surface area contributed by atoms with Gasteiger partial charge in [0.1, 0.15) is 11.6 Å². The molecule has 0 spiro atoms. The second kappa shape index (κ2) is 8.25. The van der Waals surface area contributed by atoms with Gasteiger partial charge in [0.2, 0.25) is 5.78 Å². The molecule has 0 aliphatic rings. The van der Waals surface area contributed by atoms with Crippen LogP contribution < -0.4 is 0 Å². The molecule has 0 atom stereocenters. The molecular formula is C22H19N3O3S. The van der Waals surface area contributed by atoms with E-state index in [1.165, 1.54) is 24.5 Å². The van der Waals surface area contributed by atoms with Gasteiger partial charge < -0.3 is 9.30 Å². The quantitative estimate of drug-likeness (QED) is 0.271. The number of hydrogen-bond acceptors (Lipinski definition) is 6. The molecule has 7 heteroatoms. The maximum absolute atomic E-state index is 13.0. The normalized spacial score (nSPS) is 11.2. The summed E-state index contributed by atoms with van der Waals surface area (Å²) >= 11 is 1.46. The number of nitrogens with zero attached hydrogens (tertiary/aromatic N) is 3. The maximum atomic E-state index is 13.0. The molecular weight excluding hydrogens is 386 g/mol. The second-order valence-corrected chi connectivity index (χ2v) is 7.51. The number of carbonyl (C=O) groups is 2. The Morgan fingerprint density at radius 1 is 1.21 bits per heavy atom. The number of Topliss-reactive ketones (excluding diaryl/α,β-unsaturated/α-hetero) is 1. The summed E-state index contributed by atoms with van der Waals surface area (Å²) in [6, 6.07) is 10.7. The molecule has 0 saturated carbocycles. The van der Waals surface area contributed by atoms with Crippen LogP contribution in [0.4, 0.5) is 0 Å². The highest BCUT2D eigenvalue weighted by Crippen LogP contribution is 2.24. The van der Waals surface area contributed by atoms with Crippen LogP contribution in [0.2, 0.25) is 0 Å². The fraction of sp³-hybridized carbons (Fsp3) is 0.182. The van der Waals surface area contributed by atoms with E-state index in [1.54, 1.807) is 30.3 Å². The third-order valence-electron chi connectivity index (χ3n) is 4.52. The van der Waals surface area contributed by atoms with Crippen LogP contribution >= 0.6 is 11.3 Å². The van der Waals surface area contributed by atoms with E-state index in [1.807, 2.05) is 36.8 Å². The van der Waals surface area contributed by atoms with Crippen molar-refractivity contribution in [2.24, 2.45) is 0 Å².